The lowest BCUT2D eigenvalue weighted by molar-refractivity contribution is -0.682. The van der Waals surface area contributed by atoms with E-state index in [1.807, 2.05) is 0 Å². The maximum absolute atomic E-state index is 2.28. The number of hydrogen-bond acceptors (Lipinski definition) is 1. The third-order valence-electron chi connectivity index (χ3n) is 4.45. The molecular formula is C19H19N3S+2. The predicted octanol–water partition coefficient (Wildman–Crippen LogP) is 3.22. The Labute approximate surface area is 139 Å². The van der Waals surface area contributed by atoms with Crippen molar-refractivity contribution in [2.75, 3.05) is 0 Å². The van der Waals surface area contributed by atoms with Crippen molar-refractivity contribution < 1.29 is 9.13 Å². The number of nitrogens with zero attached hydrogens (tertiary/aromatic N) is 3. The van der Waals surface area contributed by atoms with Crippen molar-refractivity contribution in [3.05, 3.63) is 60.1 Å². The fourth-order valence-corrected chi connectivity index (χ4v) is 4.09. The molecule has 0 bridgehead atoms. The summed E-state index contributed by atoms with van der Waals surface area (Å²) < 4.78 is 6.72. The van der Waals surface area contributed by atoms with Crippen molar-refractivity contribution in [1.29, 1.82) is 0 Å². The summed E-state index contributed by atoms with van der Waals surface area (Å²) in [5.41, 5.74) is 4.93. The van der Waals surface area contributed by atoms with Gasteiger partial charge in [0.2, 0.25) is 5.69 Å². The Morgan fingerprint density at radius 1 is 0.957 bits per heavy atom. The highest BCUT2D eigenvalue weighted by Crippen LogP contribution is 2.26. The summed E-state index contributed by atoms with van der Waals surface area (Å²) in [5.74, 6) is 0. The third-order valence-corrected chi connectivity index (χ3v) is 5.43. The second-order valence-electron chi connectivity index (χ2n) is 5.82. The highest BCUT2D eigenvalue weighted by Gasteiger charge is 2.25. The van der Waals surface area contributed by atoms with Crippen LogP contribution in [0.1, 0.15) is 0 Å². The molecule has 114 valence electrons. The number of pyridine rings is 1. The number of benzene rings is 1. The highest BCUT2D eigenvalue weighted by atomic mass is 32.1. The molecule has 3 heterocycles. The molecule has 0 N–H and O–H groups in total. The Morgan fingerprint density at radius 3 is 2.48 bits per heavy atom. The predicted molar refractivity (Wildman–Crippen MR) is 94.0 cm³/mol. The number of fused-ring (bicyclic) bond motifs is 1. The molecule has 0 atom stereocenters. The summed E-state index contributed by atoms with van der Waals surface area (Å²) in [6.07, 6.45) is 2.10. The van der Waals surface area contributed by atoms with Gasteiger partial charge in [0.1, 0.15) is 19.8 Å². The van der Waals surface area contributed by atoms with Crippen molar-refractivity contribution in [1.82, 2.24) is 4.57 Å². The molecule has 4 heteroatoms. The Kier molecular flexibility index (Phi) is 3.27. The van der Waals surface area contributed by atoms with Crippen LogP contribution in [0.3, 0.4) is 0 Å². The second kappa shape index (κ2) is 5.32. The van der Waals surface area contributed by atoms with E-state index in [2.05, 4.69) is 95.0 Å². The molecule has 4 rings (SSSR count). The summed E-state index contributed by atoms with van der Waals surface area (Å²) in [5, 5.41) is 4.66. The van der Waals surface area contributed by atoms with Crippen LogP contribution in [0.4, 0.5) is 0 Å². The summed E-state index contributed by atoms with van der Waals surface area (Å²) in [6, 6.07) is 17.3. The van der Waals surface area contributed by atoms with E-state index in [-0.39, 0.29) is 0 Å². The number of thiazole rings is 1. The van der Waals surface area contributed by atoms with Gasteiger partial charge in [-0.3, -0.25) is 0 Å². The zero-order valence-corrected chi connectivity index (χ0v) is 14.3. The van der Waals surface area contributed by atoms with Gasteiger partial charge >= 0.3 is 5.01 Å². The van der Waals surface area contributed by atoms with Crippen LogP contribution < -0.4 is 9.13 Å². The van der Waals surface area contributed by atoms with Crippen LogP contribution in [0.2, 0.25) is 0 Å². The van der Waals surface area contributed by atoms with E-state index in [4.69, 9.17) is 0 Å². The molecule has 0 spiro atoms. The van der Waals surface area contributed by atoms with Gasteiger partial charge in [0, 0.05) is 30.1 Å². The SMILES string of the molecule is Cn1c(-c2cccc(-c3scc[n+]3C)[n+]2C)cc2ccccc21. The normalized spacial score (nSPS) is 11.3. The first kappa shape index (κ1) is 14.2. The first-order chi connectivity index (χ1) is 11.2. The van der Waals surface area contributed by atoms with Crippen LogP contribution in [0.25, 0.3) is 33.0 Å². The van der Waals surface area contributed by atoms with E-state index in [9.17, 15) is 0 Å². The molecule has 0 aliphatic heterocycles. The Hall–Kier alpha value is -2.46. The number of aryl methyl sites for hydroxylation is 2. The minimum Gasteiger partial charge on any atom is -0.339 e. The standard InChI is InChI=1S/C19H19N3S/c1-20-11-12-23-19(20)17-10-6-9-16(22(17)3)18-13-14-7-4-5-8-15(14)21(18)2/h4-13H,1-3H3/q+2. The molecule has 0 saturated carbocycles. The fourth-order valence-electron chi connectivity index (χ4n) is 3.17. The molecule has 0 radical (unpaired) electrons. The van der Waals surface area contributed by atoms with Gasteiger partial charge in [0.15, 0.2) is 6.20 Å². The van der Waals surface area contributed by atoms with Gasteiger partial charge < -0.3 is 4.57 Å². The average Bonchev–Trinajstić information content (AvgIpc) is 3.12. The molecule has 4 aromatic rings. The van der Waals surface area contributed by atoms with Gasteiger partial charge in [0.25, 0.3) is 5.69 Å². The molecule has 3 aromatic heterocycles. The van der Waals surface area contributed by atoms with Crippen molar-refractivity contribution in [3.63, 3.8) is 0 Å². The highest BCUT2D eigenvalue weighted by molar-refractivity contribution is 7.12. The quantitative estimate of drug-likeness (QED) is 0.503. The van der Waals surface area contributed by atoms with E-state index >= 15 is 0 Å². The van der Waals surface area contributed by atoms with E-state index < -0.39 is 0 Å². The zero-order valence-electron chi connectivity index (χ0n) is 13.5. The van der Waals surface area contributed by atoms with Crippen molar-refractivity contribution in [2.24, 2.45) is 21.1 Å². The maximum atomic E-state index is 2.28. The van der Waals surface area contributed by atoms with Crippen LogP contribution >= 0.6 is 11.3 Å². The molecule has 0 saturated heterocycles. The minimum atomic E-state index is 1.22. The van der Waals surface area contributed by atoms with Gasteiger partial charge in [-0.05, 0) is 18.2 Å². The second-order valence-corrected chi connectivity index (χ2v) is 6.72. The fraction of sp³-hybridized carbons (Fsp3) is 0.158. The van der Waals surface area contributed by atoms with Crippen LogP contribution in [-0.2, 0) is 21.1 Å². The van der Waals surface area contributed by atoms with E-state index in [1.54, 1.807) is 11.3 Å². The van der Waals surface area contributed by atoms with Gasteiger partial charge in [0.05, 0.1) is 5.38 Å². The Balaban J connectivity index is 1.96. The first-order valence-electron chi connectivity index (χ1n) is 7.64. The molecule has 0 aliphatic carbocycles. The molecule has 0 unspecified atom stereocenters. The number of aromatic nitrogens is 3. The number of hydrogen-bond donors (Lipinski definition) is 0. The van der Waals surface area contributed by atoms with Crippen molar-refractivity contribution in [3.8, 4) is 22.1 Å². The lowest BCUT2D eigenvalue weighted by Gasteiger charge is -2.04. The van der Waals surface area contributed by atoms with Crippen LogP contribution in [-0.4, -0.2) is 4.57 Å². The van der Waals surface area contributed by atoms with Crippen molar-refractivity contribution in [2.45, 2.75) is 0 Å². The number of para-hydroxylation sites is 1. The zero-order chi connectivity index (χ0) is 16.0. The molecule has 0 amide bonds. The van der Waals surface area contributed by atoms with E-state index in [0.717, 1.165) is 0 Å². The van der Waals surface area contributed by atoms with E-state index in [1.165, 1.54) is 33.0 Å². The lowest BCUT2D eigenvalue weighted by atomic mass is 10.2. The summed E-state index contributed by atoms with van der Waals surface area (Å²) >= 11 is 1.77. The van der Waals surface area contributed by atoms with Gasteiger partial charge in [-0.1, -0.05) is 29.5 Å². The third kappa shape index (κ3) is 2.18. The van der Waals surface area contributed by atoms with Crippen molar-refractivity contribution >= 4 is 22.2 Å². The van der Waals surface area contributed by atoms with Crippen LogP contribution in [0.5, 0.6) is 0 Å². The van der Waals surface area contributed by atoms with E-state index in [0.29, 0.717) is 0 Å². The van der Waals surface area contributed by atoms with Crippen LogP contribution in [0, 0.1) is 0 Å². The largest absolute Gasteiger partial charge is 0.339 e. The maximum Gasteiger partial charge on any atom is 0.334 e. The molecule has 23 heavy (non-hydrogen) atoms. The lowest BCUT2D eigenvalue weighted by Crippen LogP contribution is -2.38. The van der Waals surface area contributed by atoms with Gasteiger partial charge in [-0.25, -0.2) is 0 Å². The molecule has 3 nitrogen and oxygen atoms in total. The summed E-state index contributed by atoms with van der Waals surface area (Å²) in [6.45, 7) is 0. The summed E-state index contributed by atoms with van der Waals surface area (Å²) in [4.78, 5) is 0. The molecule has 0 fully saturated rings. The Bertz CT molecular complexity index is 1010. The smallest absolute Gasteiger partial charge is 0.334 e. The molecule has 0 aliphatic rings. The molecular weight excluding hydrogens is 302 g/mol. The monoisotopic (exact) mass is 321 g/mol. The first-order valence-corrected chi connectivity index (χ1v) is 8.52. The summed E-state index contributed by atoms with van der Waals surface area (Å²) in [7, 11) is 6.37. The molecule has 1 aromatic carbocycles. The minimum absolute atomic E-state index is 1.22. The van der Waals surface area contributed by atoms with Gasteiger partial charge in [-0.15, -0.1) is 0 Å². The topological polar surface area (TPSA) is 12.7 Å². The Morgan fingerprint density at radius 2 is 1.74 bits per heavy atom. The van der Waals surface area contributed by atoms with Gasteiger partial charge in [-0.2, -0.15) is 9.13 Å². The number of rotatable bonds is 2. The average molecular weight is 321 g/mol. The van der Waals surface area contributed by atoms with Crippen LogP contribution in [0.15, 0.2) is 60.1 Å².